The summed E-state index contributed by atoms with van der Waals surface area (Å²) in [7, 11) is 1.45. The quantitative estimate of drug-likeness (QED) is 0.648. The molecule has 1 aromatic carbocycles. The molecule has 3 aromatic rings. The van der Waals surface area contributed by atoms with Crippen molar-refractivity contribution in [3.8, 4) is 16.3 Å². The van der Waals surface area contributed by atoms with E-state index in [0.29, 0.717) is 23.0 Å². The summed E-state index contributed by atoms with van der Waals surface area (Å²) in [5.74, 6) is -0.0611. The number of H-pyrrole nitrogens is 1. The number of amides is 1. The van der Waals surface area contributed by atoms with Crippen LogP contribution in [-0.2, 0) is 6.42 Å². The first kappa shape index (κ1) is 17.8. The summed E-state index contributed by atoms with van der Waals surface area (Å²) < 4.78 is 5.21. The topological polar surface area (TPSA) is 67.0 Å². The lowest BCUT2D eigenvalue weighted by Gasteiger charge is -2.12. The van der Waals surface area contributed by atoms with Crippen molar-refractivity contribution in [3.05, 3.63) is 57.3 Å². The third-order valence-electron chi connectivity index (χ3n) is 3.62. The number of carbonyl (C=O) groups is 1. The van der Waals surface area contributed by atoms with E-state index in [0.717, 1.165) is 16.3 Å². The summed E-state index contributed by atoms with van der Waals surface area (Å²) in [5, 5.41) is 5.48. The third-order valence-corrected chi connectivity index (χ3v) is 5.11. The number of rotatable bonds is 6. The van der Waals surface area contributed by atoms with Crippen molar-refractivity contribution in [2.75, 3.05) is 13.7 Å². The summed E-state index contributed by atoms with van der Waals surface area (Å²) in [6.07, 6.45) is 2.27. The fraction of sp³-hybridized carbons (Fsp3) is 0.176. The fourth-order valence-electron chi connectivity index (χ4n) is 2.47. The Kier molecular flexibility index (Phi) is 5.63. The van der Waals surface area contributed by atoms with Gasteiger partial charge in [0.05, 0.1) is 28.4 Å². The molecule has 2 aromatic heterocycles. The van der Waals surface area contributed by atoms with Gasteiger partial charge in [-0.25, -0.2) is 4.98 Å². The van der Waals surface area contributed by atoms with Gasteiger partial charge in [-0.15, -0.1) is 11.3 Å². The second-order valence-electron chi connectivity index (χ2n) is 5.15. The van der Waals surface area contributed by atoms with Crippen LogP contribution in [0.1, 0.15) is 16.1 Å². The maximum atomic E-state index is 12.5. The van der Waals surface area contributed by atoms with E-state index in [1.165, 1.54) is 7.11 Å². The zero-order valence-corrected chi connectivity index (χ0v) is 15.6. The Hall–Kier alpha value is -2.02. The molecule has 0 aliphatic rings. The van der Waals surface area contributed by atoms with Crippen LogP contribution < -0.4 is 10.1 Å². The summed E-state index contributed by atoms with van der Waals surface area (Å²) in [5.41, 5.74) is 2.11. The Morgan fingerprint density at radius 3 is 2.84 bits per heavy atom. The lowest BCUT2D eigenvalue weighted by molar-refractivity contribution is 0.0951. The number of hydrogen-bond acceptors (Lipinski definition) is 4. The minimum atomic E-state index is -0.332. The molecule has 2 heterocycles. The second-order valence-corrected chi connectivity index (χ2v) is 6.91. The molecule has 0 radical (unpaired) electrons. The number of thiophene rings is 1. The highest BCUT2D eigenvalue weighted by atomic mass is 35.5. The van der Waals surface area contributed by atoms with E-state index in [9.17, 15) is 4.79 Å². The molecule has 0 atom stereocenters. The van der Waals surface area contributed by atoms with Gasteiger partial charge in [0.1, 0.15) is 11.3 Å². The van der Waals surface area contributed by atoms with Gasteiger partial charge in [0.15, 0.2) is 5.75 Å². The number of aromatic nitrogens is 2. The minimum absolute atomic E-state index is 0.236. The van der Waals surface area contributed by atoms with Gasteiger partial charge in [-0.05, 0) is 23.6 Å². The van der Waals surface area contributed by atoms with Crippen LogP contribution in [0.2, 0.25) is 10.0 Å². The first-order valence-electron chi connectivity index (χ1n) is 7.48. The van der Waals surface area contributed by atoms with Gasteiger partial charge in [-0.3, -0.25) is 4.79 Å². The highest BCUT2D eigenvalue weighted by molar-refractivity contribution is 7.13. The van der Waals surface area contributed by atoms with Gasteiger partial charge >= 0.3 is 0 Å². The van der Waals surface area contributed by atoms with E-state index in [4.69, 9.17) is 27.9 Å². The number of imidazole rings is 1. The van der Waals surface area contributed by atoms with Crippen molar-refractivity contribution in [2.24, 2.45) is 0 Å². The summed E-state index contributed by atoms with van der Waals surface area (Å²) >= 11 is 13.8. The van der Waals surface area contributed by atoms with Crippen molar-refractivity contribution in [3.63, 3.8) is 0 Å². The number of carbonyl (C=O) groups excluding carboxylic acids is 1. The SMILES string of the molecule is COc1c(Cl)ccc(Cl)c1C(=O)NCCc1[nH]cnc1-c1cccs1. The van der Waals surface area contributed by atoms with Crippen molar-refractivity contribution < 1.29 is 9.53 Å². The predicted molar refractivity (Wildman–Crippen MR) is 101 cm³/mol. The van der Waals surface area contributed by atoms with Crippen LogP contribution in [0.5, 0.6) is 5.75 Å². The standard InChI is InChI=1S/C17H15Cl2N3O2S/c1-24-16-11(19)5-4-10(18)14(16)17(23)20-7-6-12-15(22-9-21-12)13-3-2-8-25-13/h2-5,8-9H,6-7H2,1H3,(H,20,23)(H,21,22). The van der Waals surface area contributed by atoms with Crippen LogP contribution in [0.3, 0.4) is 0 Å². The van der Waals surface area contributed by atoms with E-state index in [1.54, 1.807) is 29.8 Å². The van der Waals surface area contributed by atoms with Crippen LogP contribution in [-0.4, -0.2) is 29.5 Å². The van der Waals surface area contributed by atoms with Crippen LogP contribution in [0.4, 0.5) is 0 Å². The number of ether oxygens (including phenoxy) is 1. The first-order valence-corrected chi connectivity index (χ1v) is 9.11. The van der Waals surface area contributed by atoms with Gasteiger partial charge < -0.3 is 15.0 Å². The minimum Gasteiger partial charge on any atom is -0.494 e. The number of aromatic amines is 1. The zero-order chi connectivity index (χ0) is 17.8. The summed E-state index contributed by atoms with van der Waals surface area (Å²) in [6.45, 7) is 0.422. The predicted octanol–water partition coefficient (Wildman–Crippen LogP) is 4.43. The highest BCUT2D eigenvalue weighted by Gasteiger charge is 2.19. The average Bonchev–Trinajstić information content (AvgIpc) is 3.27. The monoisotopic (exact) mass is 395 g/mol. The number of hydrogen-bond donors (Lipinski definition) is 2. The van der Waals surface area contributed by atoms with Gasteiger partial charge in [0.25, 0.3) is 5.91 Å². The molecule has 1 amide bonds. The molecule has 0 spiro atoms. The lowest BCUT2D eigenvalue weighted by Crippen LogP contribution is -2.26. The summed E-state index contributed by atoms with van der Waals surface area (Å²) in [6, 6.07) is 7.16. The van der Waals surface area contributed by atoms with Crippen molar-refractivity contribution in [1.29, 1.82) is 0 Å². The van der Waals surface area contributed by atoms with Crippen LogP contribution in [0.25, 0.3) is 10.6 Å². The Bertz CT molecular complexity index is 878. The maximum Gasteiger partial charge on any atom is 0.256 e. The molecule has 2 N–H and O–H groups in total. The molecule has 5 nitrogen and oxygen atoms in total. The van der Waals surface area contributed by atoms with Gasteiger partial charge in [0, 0.05) is 18.7 Å². The Balaban J connectivity index is 1.69. The molecule has 0 saturated heterocycles. The molecule has 0 fully saturated rings. The van der Waals surface area contributed by atoms with E-state index in [1.807, 2.05) is 17.5 Å². The Morgan fingerprint density at radius 2 is 2.12 bits per heavy atom. The van der Waals surface area contributed by atoms with E-state index >= 15 is 0 Å². The van der Waals surface area contributed by atoms with Crippen molar-refractivity contribution >= 4 is 40.4 Å². The number of nitrogens with one attached hydrogen (secondary N) is 2. The molecule has 130 valence electrons. The molecule has 0 aliphatic carbocycles. The van der Waals surface area contributed by atoms with Crippen molar-refractivity contribution in [2.45, 2.75) is 6.42 Å². The van der Waals surface area contributed by atoms with Crippen LogP contribution in [0.15, 0.2) is 36.0 Å². The smallest absolute Gasteiger partial charge is 0.256 e. The molecule has 25 heavy (non-hydrogen) atoms. The number of halogens is 2. The maximum absolute atomic E-state index is 12.5. The lowest BCUT2D eigenvalue weighted by atomic mass is 10.1. The number of nitrogens with zero attached hydrogens (tertiary/aromatic N) is 1. The molecule has 0 bridgehead atoms. The third kappa shape index (κ3) is 3.81. The van der Waals surface area contributed by atoms with Gasteiger partial charge in [-0.1, -0.05) is 29.3 Å². The fourth-order valence-corrected chi connectivity index (χ4v) is 3.69. The molecule has 0 saturated carbocycles. The molecular weight excluding hydrogens is 381 g/mol. The second kappa shape index (κ2) is 7.91. The first-order chi connectivity index (χ1) is 12.1. The van der Waals surface area contributed by atoms with Gasteiger partial charge in [0.2, 0.25) is 0 Å². The highest BCUT2D eigenvalue weighted by Crippen LogP contribution is 2.33. The zero-order valence-electron chi connectivity index (χ0n) is 13.3. The molecule has 0 unspecified atom stereocenters. The largest absolute Gasteiger partial charge is 0.494 e. The molecule has 8 heteroatoms. The van der Waals surface area contributed by atoms with E-state index in [-0.39, 0.29) is 17.2 Å². The Labute approximate surface area is 159 Å². The number of methoxy groups -OCH3 is 1. The Morgan fingerprint density at radius 1 is 1.32 bits per heavy atom. The molecule has 3 rings (SSSR count). The van der Waals surface area contributed by atoms with Gasteiger partial charge in [-0.2, -0.15) is 0 Å². The van der Waals surface area contributed by atoms with Crippen LogP contribution >= 0.6 is 34.5 Å². The molecule has 0 aliphatic heterocycles. The number of benzene rings is 1. The van der Waals surface area contributed by atoms with Crippen LogP contribution in [0, 0.1) is 0 Å². The van der Waals surface area contributed by atoms with Crippen molar-refractivity contribution in [1.82, 2.24) is 15.3 Å². The molecular formula is C17H15Cl2N3O2S. The summed E-state index contributed by atoms with van der Waals surface area (Å²) in [4.78, 5) is 21.0. The van der Waals surface area contributed by atoms with E-state index < -0.39 is 0 Å². The average molecular weight is 396 g/mol. The van der Waals surface area contributed by atoms with E-state index in [2.05, 4.69) is 15.3 Å². The normalized spacial score (nSPS) is 10.7.